The van der Waals surface area contributed by atoms with Gasteiger partial charge in [0.1, 0.15) is 0 Å². The third kappa shape index (κ3) is 2.03. The van der Waals surface area contributed by atoms with Crippen molar-refractivity contribution in [3.05, 3.63) is 23.3 Å². The van der Waals surface area contributed by atoms with Gasteiger partial charge in [0.15, 0.2) is 11.5 Å². The van der Waals surface area contributed by atoms with Gasteiger partial charge < -0.3 is 14.7 Å². The Balaban J connectivity index is 2.04. The van der Waals surface area contributed by atoms with Crippen LogP contribution < -0.4 is 4.74 Å². The zero-order valence-corrected chi connectivity index (χ0v) is 12.1. The lowest BCUT2D eigenvalue weighted by Gasteiger charge is -2.44. The predicted octanol–water partition coefficient (Wildman–Crippen LogP) is 2.65. The molecule has 0 spiro atoms. The maximum atomic E-state index is 11.9. The number of methoxy groups -OCH3 is 1. The highest BCUT2D eigenvalue weighted by atomic mass is 16.5. The summed E-state index contributed by atoms with van der Waals surface area (Å²) in [5.41, 5.74) is 2.31. The summed E-state index contributed by atoms with van der Waals surface area (Å²) in [6.07, 6.45) is 4.40. The molecule has 20 heavy (non-hydrogen) atoms. The van der Waals surface area contributed by atoms with Gasteiger partial charge in [0.25, 0.3) is 0 Å². The summed E-state index contributed by atoms with van der Waals surface area (Å²) < 4.78 is 5.19. The maximum Gasteiger partial charge on any atom is 0.219 e. The first kappa shape index (κ1) is 13.3. The minimum Gasteiger partial charge on any atom is -0.504 e. The minimum absolute atomic E-state index is 0.127. The number of rotatable bonds is 2. The smallest absolute Gasteiger partial charge is 0.219 e. The Kier molecular flexibility index (Phi) is 3.32. The third-order valence-electron chi connectivity index (χ3n) is 4.72. The number of phenolic OH excluding ortho intramolecular Hbond substituents is 1. The number of phenols is 1. The lowest BCUT2D eigenvalue weighted by Crippen LogP contribution is -2.43. The van der Waals surface area contributed by atoms with E-state index in [1.165, 1.54) is 24.8 Å². The quantitative estimate of drug-likeness (QED) is 0.902. The van der Waals surface area contributed by atoms with E-state index in [9.17, 15) is 9.90 Å². The average molecular weight is 275 g/mol. The lowest BCUT2D eigenvalue weighted by atomic mass is 9.73. The second-order valence-electron chi connectivity index (χ2n) is 5.82. The largest absolute Gasteiger partial charge is 0.504 e. The summed E-state index contributed by atoms with van der Waals surface area (Å²) in [5, 5.41) is 10.1. The summed E-state index contributed by atoms with van der Waals surface area (Å²) in [5.74, 6) is 1.35. The molecular formula is C16H21NO3. The molecule has 0 saturated heterocycles. The van der Waals surface area contributed by atoms with Crippen molar-refractivity contribution < 1.29 is 14.6 Å². The Labute approximate surface area is 119 Å². The van der Waals surface area contributed by atoms with Gasteiger partial charge in [-0.05, 0) is 48.4 Å². The summed E-state index contributed by atoms with van der Waals surface area (Å²) >= 11 is 0. The molecule has 1 aromatic rings. The van der Waals surface area contributed by atoms with E-state index in [0.717, 1.165) is 18.5 Å². The first-order valence-corrected chi connectivity index (χ1v) is 7.28. The number of fused-ring (bicyclic) bond motifs is 1. The van der Waals surface area contributed by atoms with Gasteiger partial charge in [0, 0.05) is 13.5 Å². The lowest BCUT2D eigenvalue weighted by molar-refractivity contribution is -0.133. The van der Waals surface area contributed by atoms with Crippen molar-refractivity contribution in [3.8, 4) is 11.5 Å². The van der Waals surface area contributed by atoms with Crippen molar-refractivity contribution in [1.29, 1.82) is 0 Å². The fourth-order valence-corrected chi connectivity index (χ4v) is 3.45. The number of hydrogen-bond acceptors (Lipinski definition) is 3. The fraction of sp³-hybridized carbons (Fsp3) is 0.562. The number of amides is 1. The van der Waals surface area contributed by atoms with Gasteiger partial charge in [-0.3, -0.25) is 4.79 Å². The molecule has 0 radical (unpaired) electrons. The molecule has 2 aliphatic rings. The number of ether oxygens (including phenoxy) is 1. The maximum absolute atomic E-state index is 11.9. The number of hydrogen-bond donors (Lipinski definition) is 1. The van der Waals surface area contributed by atoms with Crippen LogP contribution in [0.2, 0.25) is 0 Å². The summed E-state index contributed by atoms with van der Waals surface area (Å²) in [6.45, 7) is 2.40. The van der Waals surface area contributed by atoms with E-state index < -0.39 is 0 Å². The van der Waals surface area contributed by atoms with E-state index in [1.54, 1.807) is 20.1 Å². The fourth-order valence-electron chi connectivity index (χ4n) is 3.45. The SMILES string of the molecule is COc1cc2c(cc1O)C(C1CCC1)N(C(C)=O)CC2. The molecule has 1 amide bonds. The summed E-state index contributed by atoms with van der Waals surface area (Å²) in [7, 11) is 1.57. The molecule has 1 fully saturated rings. The highest BCUT2D eigenvalue weighted by Gasteiger charge is 2.38. The Morgan fingerprint density at radius 3 is 2.70 bits per heavy atom. The van der Waals surface area contributed by atoms with E-state index in [4.69, 9.17) is 4.74 Å². The molecule has 1 unspecified atom stereocenters. The highest BCUT2D eigenvalue weighted by Crippen LogP contribution is 2.46. The molecule has 4 nitrogen and oxygen atoms in total. The van der Waals surface area contributed by atoms with Gasteiger partial charge in [0.05, 0.1) is 13.2 Å². The average Bonchev–Trinajstić information content (AvgIpc) is 2.36. The van der Waals surface area contributed by atoms with Gasteiger partial charge in [0.2, 0.25) is 5.91 Å². The number of nitrogens with zero attached hydrogens (tertiary/aromatic N) is 1. The van der Waals surface area contributed by atoms with Crippen LogP contribution in [0.5, 0.6) is 11.5 Å². The van der Waals surface area contributed by atoms with Crippen LogP contribution in [0.3, 0.4) is 0 Å². The van der Waals surface area contributed by atoms with Gasteiger partial charge in [-0.1, -0.05) is 6.42 Å². The van der Waals surface area contributed by atoms with Gasteiger partial charge >= 0.3 is 0 Å². The first-order valence-electron chi connectivity index (χ1n) is 7.28. The van der Waals surface area contributed by atoms with Crippen LogP contribution in [0, 0.1) is 5.92 Å². The Morgan fingerprint density at radius 2 is 2.15 bits per heavy atom. The van der Waals surface area contributed by atoms with Crippen LogP contribution in [0.25, 0.3) is 0 Å². The highest BCUT2D eigenvalue weighted by molar-refractivity contribution is 5.74. The number of carbonyl (C=O) groups is 1. The normalized spacial score (nSPS) is 22.1. The van der Waals surface area contributed by atoms with E-state index >= 15 is 0 Å². The third-order valence-corrected chi connectivity index (χ3v) is 4.72. The second kappa shape index (κ2) is 5.00. The number of benzene rings is 1. The summed E-state index contributed by atoms with van der Waals surface area (Å²) in [4.78, 5) is 13.9. The topological polar surface area (TPSA) is 49.8 Å². The monoisotopic (exact) mass is 275 g/mol. The number of aromatic hydroxyl groups is 1. The standard InChI is InChI=1S/C16H21NO3/c1-10(18)17-7-6-12-8-15(20-2)14(19)9-13(12)16(17)11-4-3-5-11/h8-9,11,16,19H,3-7H2,1-2H3. The molecule has 1 aromatic carbocycles. The molecule has 0 aromatic heterocycles. The van der Waals surface area contributed by atoms with Gasteiger partial charge in [-0.2, -0.15) is 0 Å². The zero-order chi connectivity index (χ0) is 14.3. The van der Waals surface area contributed by atoms with Crippen LogP contribution in [0.15, 0.2) is 12.1 Å². The predicted molar refractivity (Wildman–Crippen MR) is 75.8 cm³/mol. The van der Waals surface area contributed by atoms with Crippen LogP contribution >= 0.6 is 0 Å². The molecule has 3 rings (SSSR count). The van der Waals surface area contributed by atoms with Crippen molar-refractivity contribution >= 4 is 5.91 Å². The Hall–Kier alpha value is -1.71. The van der Waals surface area contributed by atoms with E-state index in [0.29, 0.717) is 11.7 Å². The second-order valence-corrected chi connectivity index (χ2v) is 5.82. The molecule has 1 N–H and O–H groups in total. The van der Waals surface area contributed by atoms with Crippen molar-refractivity contribution in [3.63, 3.8) is 0 Å². The van der Waals surface area contributed by atoms with Gasteiger partial charge in [-0.15, -0.1) is 0 Å². The molecule has 1 aliphatic carbocycles. The summed E-state index contributed by atoms with van der Waals surface area (Å²) in [6, 6.07) is 3.85. The Morgan fingerprint density at radius 1 is 1.40 bits per heavy atom. The van der Waals surface area contributed by atoms with Crippen molar-refractivity contribution in [2.24, 2.45) is 5.92 Å². The molecule has 0 bridgehead atoms. The molecule has 108 valence electrons. The van der Waals surface area contributed by atoms with Crippen molar-refractivity contribution in [2.75, 3.05) is 13.7 Å². The minimum atomic E-state index is 0.127. The molecule has 1 atom stereocenters. The molecular weight excluding hydrogens is 254 g/mol. The molecule has 1 aliphatic heterocycles. The molecule has 4 heteroatoms. The van der Waals surface area contributed by atoms with Crippen LogP contribution in [0.4, 0.5) is 0 Å². The Bertz CT molecular complexity index is 537. The van der Waals surface area contributed by atoms with E-state index in [2.05, 4.69) is 0 Å². The first-order chi connectivity index (χ1) is 9.61. The van der Waals surface area contributed by atoms with Crippen molar-refractivity contribution in [1.82, 2.24) is 4.90 Å². The van der Waals surface area contributed by atoms with E-state index in [-0.39, 0.29) is 17.7 Å². The van der Waals surface area contributed by atoms with Crippen LogP contribution in [-0.2, 0) is 11.2 Å². The molecule has 1 saturated carbocycles. The molecule has 1 heterocycles. The van der Waals surface area contributed by atoms with Crippen LogP contribution in [-0.4, -0.2) is 29.6 Å². The van der Waals surface area contributed by atoms with Gasteiger partial charge in [-0.25, -0.2) is 0 Å². The van der Waals surface area contributed by atoms with Crippen molar-refractivity contribution in [2.45, 2.75) is 38.6 Å². The van der Waals surface area contributed by atoms with E-state index in [1.807, 2.05) is 11.0 Å². The number of carbonyl (C=O) groups excluding carboxylic acids is 1. The zero-order valence-electron chi connectivity index (χ0n) is 12.1. The van der Waals surface area contributed by atoms with Crippen LogP contribution in [0.1, 0.15) is 43.4 Å².